The van der Waals surface area contributed by atoms with Gasteiger partial charge in [-0.2, -0.15) is 5.26 Å². The predicted octanol–water partition coefficient (Wildman–Crippen LogP) is 3.61. The average Bonchev–Trinajstić information content (AvgIpc) is 2.82. The molecule has 0 aliphatic rings. The number of nitrogens with one attached hydrogen (secondary N) is 1. The lowest BCUT2D eigenvalue weighted by molar-refractivity contribution is -0.112. The van der Waals surface area contributed by atoms with Crippen LogP contribution < -0.4 is 19.9 Å². The first-order valence-electron chi connectivity index (χ1n) is 9.81. The number of halogens is 1. The first-order valence-corrected chi connectivity index (χ1v) is 11.4. The molecule has 0 saturated carbocycles. The third-order valence-electron chi connectivity index (χ3n) is 4.61. The lowest BCUT2D eigenvalue weighted by Gasteiger charge is -2.12. The number of primary sulfonamides is 1. The van der Waals surface area contributed by atoms with E-state index in [0.717, 1.165) is 5.56 Å². The van der Waals surface area contributed by atoms with E-state index in [2.05, 4.69) is 5.32 Å². The van der Waals surface area contributed by atoms with Crippen molar-refractivity contribution < 1.29 is 27.1 Å². The summed E-state index contributed by atoms with van der Waals surface area (Å²) in [5.74, 6) is -0.203. The fraction of sp³-hybridized carbons (Fsp3) is 0.0833. The van der Waals surface area contributed by atoms with Crippen LogP contribution in [0.15, 0.2) is 77.2 Å². The summed E-state index contributed by atoms with van der Waals surface area (Å²) in [4.78, 5) is 12.4. The van der Waals surface area contributed by atoms with Gasteiger partial charge in [-0.05, 0) is 65.7 Å². The quantitative estimate of drug-likeness (QED) is 0.373. The molecule has 0 unspecified atom stereocenters. The Bertz CT molecular complexity index is 1360. The van der Waals surface area contributed by atoms with E-state index < -0.39 is 15.9 Å². The number of nitriles is 1. The normalized spacial score (nSPS) is 11.4. The number of sulfonamides is 1. The number of methoxy groups -OCH3 is 1. The molecule has 8 nitrogen and oxygen atoms in total. The molecule has 0 spiro atoms. The van der Waals surface area contributed by atoms with Crippen LogP contribution in [-0.2, 0) is 21.4 Å². The van der Waals surface area contributed by atoms with Crippen molar-refractivity contribution in [1.29, 1.82) is 5.26 Å². The van der Waals surface area contributed by atoms with Crippen LogP contribution in [0.5, 0.6) is 11.5 Å². The molecule has 3 N–H and O–H groups in total. The molecule has 174 valence electrons. The number of amides is 1. The van der Waals surface area contributed by atoms with E-state index in [4.69, 9.17) is 14.6 Å². The van der Waals surface area contributed by atoms with Crippen molar-refractivity contribution in [1.82, 2.24) is 0 Å². The van der Waals surface area contributed by atoms with Gasteiger partial charge in [0.1, 0.15) is 24.1 Å². The third-order valence-corrected chi connectivity index (χ3v) is 5.54. The summed E-state index contributed by atoms with van der Waals surface area (Å²) in [7, 11) is -2.40. The Labute approximate surface area is 196 Å². The first kappa shape index (κ1) is 24.4. The highest BCUT2D eigenvalue weighted by Crippen LogP contribution is 2.30. The summed E-state index contributed by atoms with van der Waals surface area (Å²) in [6.45, 7) is 0.196. The smallest absolute Gasteiger partial charge is 0.266 e. The molecule has 0 aromatic heterocycles. The van der Waals surface area contributed by atoms with Crippen molar-refractivity contribution in [2.45, 2.75) is 11.5 Å². The minimum Gasteiger partial charge on any atom is -0.493 e. The lowest BCUT2D eigenvalue weighted by atomic mass is 10.1. The summed E-state index contributed by atoms with van der Waals surface area (Å²) < 4.78 is 46.8. The molecule has 0 aliphatic heterocycles. The third kappa shape index (κ3) is 6.41. The standard InChI is InChI=1S/C24H20FN3O5S/c1-32-23-13-17(4-11-22(23)33-15-16-2-5-19(25)6-3-16)12-18(14-26)24(29)28-20-7-9-21(10-8-20)34(27,30)31/h2-13H,15H2,1H3,(H,28,29)(H2,27,30,31). The van der Waals surface area contributed by atoms with Gasteiger partial charge in [0.15, 0.2) is 11.5 Å². The predicted molar refractivity (Wildman–Crippen MR) is 124 cm³/mol. The van der Waals surface area contributed by atoms with Gasteiger partial charge in [0.25, 0.3) is 5.91 Å². The molecule has 0 bridgehead atoms. The minimum absolute atomic E-state index is 0.102. The molecule has 0 atom stereocenters. The summed E-state index contributed by atoms with van der Waals surface area (Å²) in [6.07, 6.45) is 1.38. The summed E-state index contributed by atoms with van der Waals surface area (Å²) in [5, 5.41) is 17.0. The second kappa shape index (κ2) is 10.6. The zero-order valence-electron chi connectivity index (χ0n) is 18.0. The van der Waals surface area contributed by atoms with Crippen molar-refractivity contribution in [3.05, 3.63) is 89.2 Å². The van der Waals surface area contributed by atoms with Gasteiger partial charge in [-0.1, -0.05) is 18.2 Å². The van der Waals surface area contributed by atoms with Gasteiger partial charge in [-0.3, -0.25) is 4.79 Å². The van der Waals surface area contributed by atoms with E-state index in [9.17, 15) is 22.9 Å². The Hall–Kier alpha value is -4.20. The molecule has 1 amide bonds. The van der Waals surface area contributed by atoms with Gasteiger partial charge < -0.3 is 14.8 Å². The molecule has 3 aromatic rings. The van der Waals surface area contributed by atoms with Gasteiger partial charge in [0, 0.05) is 5.69 Å². The van der Waals surface area contributed by atoms with E-state index in [1.165, 1.54) is 49.6 Å². The fourth-order valence-corrected chi connectivity index (χ4v) is 3.39. The largest absolute Gasteiger partial charge is 0.493 e. The molecule has 0 radical (unpaired) electrons. The highest BCUT2D eigenvalue weighted by atomic mass is 32.2. The van der Waals surface area contributed by atoms with Crippen molar-refractivity contribution in [3.63, 3.8) is 0 Å². The van der Waals surface area contributed by atoms with Crippen molar-refractivity contribution in [3.8, 4) is 17.6 Å². The molecule has 3 aromatic carbocycles. The Morgan fingerprint density at radius 2 is 1.76 bits per heavy atom. The molecule has 3 rings (SSSR count). The van der Waals surface area contributed by atoms with Crippen molar-refractivity contribution in [2.75, 3.05) is 12.4 Å². The number of anilines is 1. The maximum atomic E-state index is 13.0. The van der Waals surface area contributed by atoms with Gasteiger partial charge in [0.2, 0.25) is 10.0 Å². The van der Waals surface area contributed by atoms with E-state index in [1.807, 2.05) is 6.07 Å². The number of rotatable bonds is 8. The molecule has 10 heteroatoms. The van der Waals surface area contributed by atoms with Gasteiger partial charge in [0.05, 0.1) is 12.0 Å². The van der Waals surface area contributed by atoms with Crippen LogP contribution in [0.4, 0.5) is 10.1 Å². The molecular formula is C24H20FN3O5S. The van der Waals surface area contributed by atoms with Crippen LogP contribution in [0, 0.1) is 17.1 Å². The zero-order chi connectivity index (χ0) is 24.7. The molecule has 34 heavy (non-hydrogen) atoms. The topological polar surface area (TPSA) is 132 Å². The summed E-state index contributed by atoms with van der Waals surface area (Å²) in [6, 6.07) is 17.8. The van der Waals surface area contributed by atoms with Crippen LogP contribution in [0.1, 0.15) is 11.1 Å². The number of nitrogens with zero attached hydrogens (tertiary/aromatic N) is 1. The zero-order valence-corrected chi connectivity index (χ0v) is 18.8. The molecule has 0 aliphatic carbocycles. The van der Waals surface area contributed by atoms with Gasteiger partial charge in [-0.15, -0.1) is 0 Å². The van der Waals surface area contributed by atoms with Gasteiger partial charge >= 0.3 is 0 Å². The van der Waals surface area contributed by atoms with Crippen LogP contribution in [-0.4, -0.2) is 21.4 Å². The molecule has 0 saturated heterocycles. The van der Waals surface area contributed by atoms with E-state index in [1.54, 1.807) is 30.3 Å². The van der Waals surface area contributed by atoms with Gasteiger partial charge in [-0.25, -0.2) is 17.9 Å². The first-order chi connectivity index (χ1) is 16.2. The number of ether oxygens (including phenoxy) is 2. The van der Waals surface area contributed by atoms with E-state index in [0.29, 0.717) is 22.7 Å². The number of hydrogen-bond acceptors (Lipinski definition) is 6. The maximum absolute atomic E-state index is 13.0. The Kier molecular flexibility index (Phi) is 7.63. The van der Waals surface area contributed by atoms with Crippen LogP contribution in [0.3, 0.4) is 0 Å². The van der Waals surface area contributed by atoms with Crippen molar-refractivity contribution >= 4 is 27.7 Å². The number of carbonyl (C=O) groups excluding carboxylic acids is 1. The second-order valence-electron chi connectivity index (χ2n) is 7.02. The van der Waals surface area contributed by atoms with E-state index in [-0.39, 0.29) is 22.9 Å². The van der Waals surface area contributed by atoms with Crippen LogP contribution in [0.25, 0.3) is 6.08 Å². The molecular weight excluding hydrogens is 461 g/mol. The lowest BCUT2D eigenvalue weighted by Crippen LogP contribution is -2.14. The molecule has 0 heterocycles. The monoisotopic (exact) mass is 481 g/mol. The number of nitrogens with two attached hydrogens (primary N) is 1. The number of benzene rings is 3. The Balaban J connectivity index is 1.73. The summed E-state index contributed by atoms with van der Waals surface area (Å²) in [5.41, 5.74) is 1.40. The SMILES string of the molecule is COc1cc(C=C(C#N)C(=O)Nc2ccc(S(N)(=O)=O)cc2)ccc1OCc1ccc(F)cc1. The average molecular weight is 482 g/mol. The van der Waals surface area contributed by atoms with Crippen molar-refractivity contribution in [2.24, 2.45) is 5.14 Å². The second-order valence-corrected chi connectivity index (χ2v) is 8.58. The number of hydrogen-bond donors (Lipinski definition) is 2. The highest BCUT2D eigenvalue weighted by molar-refractivity contribution is 7.89. The number of carbonyl (C=O) groups is 1. The maximum Gasteiger partial charge on any atom is 0.266 e. The Morgan fingerprint density at radius 1 is 1.09 bits per heavy atom. The fourth-order valence-electron chi connectivity index (χ4n) is 2.88. The highest BCUT2D eigenvalue weighted by Gasteiger charge is 2.13. The summed E-state index contributed by atoms with van der Waals surface area (Å²) >= 11 is 0. The molecule has 0 fully saturated rings. The Morgan fingerprint density at radius 3 is 2.35 bits per heavy atom. The van der Waals surface area contributed by atoms with Crippen LogP contribution in [0.2, 0.25) is 0 Å². The minimum atomic E-state index is -3.86. The van der Waals surface area contributed by atoms with E-state index >= 15 is 0 Å². The van der Waals surface area contributed by atoms with Crippen LogP contribution >= 0.6 is 0 Å².